The predicted octanol–water partition coefficient (Wildman–Crippen LogP) is 3.36. The Hall–Kier alpha value is -2.66. The normalized spacial score (nSPS) is 14.8. The summed E-state index contributed by atoms with van der Waals surface area (Å²) in [7, 11) is 0. The third-order valence-electron chi connectivity index (χ3n) is 3.68. The molecule has 1 aliphatic rings. The van der Waals surface area contributed by atoms with E-state index in [0.717, 1.165) is 28.2 Å². The van der Waals surface area contributed by atoms with E-state index in [1.54, 1.807) is 0 Å². The molecule has 2 aromatic carbocycles. The first-order valence-corrected chi connectivity index (χ1v) is 8.19. The standard InChI is InChI=1S/C18H17ClN4O/c19-12-17(13-4-2-1-3-5-13)22-20-15-8-6-14(7-9-15)16-10-11-18(24)23-21-16/h1-9,20H,10-12H2,(H,23,24). The topological polar surface area (TPSA) is 65.8 Å². The molecular weight excluding hydrogens is 324 g/mol. The van der Waals surface area contributed by atoms with Crippen LogP contribution in [-0.2, 0) is 4.79 Å². The van der Waals surface area contributed by atoms with Crippen molar-refractivity contribution in [2.45, 2.75) is 12.8 Å². The Morgan fingerprint density at radius 3 is 2.50 bits per heavy atom. The number of carbonyl (C=O) groups is 1. The number of carbonyl (C=O) groups excluding carboxylic acids is 1. The van der Waals surface area contributed by atoms with Crippen molar-refractivity contribution in [3.63, 3.8) is 0 Å². The molecule has 0 unspecified atom stereocenters. The lowest BCUT2D eigenvalue weighted by molar-refractivity contribution is -0.121. The summed E-state index contributed by atoms with van der Waals surface area (Å²) in [6, 6.07) is 17.6. The largest absolute Gasteiger partial charge is 0.278 e. The second-order valence-corrected chi connectivity index (χ2v) is 5.61. The fourth-order valence-electron chi connectivity index (χ4n) is 2.35. The number of benzene rings is 2. The molecule has 24 heavy (non-hydrogen) atoms. The van der Waals surface area contributed by atoms with E-state index in [1.807, 2.05) is 54.6 Å². The van der Waals surface area contributed by atoms with E-state index in [-0.39, 0.29) is 5.91 Å². The van der Waals surface area contributed by atoms with Gasteiger partial charge < -0.3 is 0 Å². The van der Waals surface area contributed by atoms with Gasteiger partial charge in [-0.25, -0.2) is 5.43 Å². The van der Waals surface area contributed by atoms with Crippen LogP contribution in [-0.4, -0.2) is 23.2 Å². The third-order valence-corrected chi connectivity index (χ3v) is 3.93. The zero-order valence-electron chi connectivity index (χ0n) is 13.0. The van der Waals surface area contributed by atoms with Crippen molar-refractivity contribution in [3.8, 4) is 0 Å². The van der Waals surface area contributed by atoms with Gasteiger partial charge in [-0.2, -0.15) is 10.2 Å². The van der Waals surface area contributed by atoms with Gasteiger partial charge in [0.1, 0.15) is 0 Å². The summed E-state index contributed by atoms with van der Waals surface area (Å²) in [5.41, 5.74) is 10.0. The SMILES string of the molecule is O=C1CCC(c2ccc(NN=C(CCl)c3ccccc3)cc2)=NN1. The van der Waals surface area contributed by atoms with Crippen LogP contribution in [0.1, 0.15) is 24.0 Å². The summed E-state index contributed by atoms with van der Waals surface area (Å²) >= 11 is 5.99. The molecule has 5 nitrogen and oxygen atoms in total. The molecule has 0 fully saturated rings. The Bertz CT molecular complexity index is 769. The smallest absolute Gasteiger partial charge is 0.240 e. The van der Waals surface area contributed by atoms with Crippen LogP contribution in [0.5, 0.6) is 0 Å². The van der Waals surface area contributed by atoms with Gasteiger partial charge in [-0.15, -0.1) is 11.6 Å². The van der Waals surface area contributed by atoms with Crippen molar-refractivity contribution in [2.75, 3.05) is 11.3 Å². The van der Waals surface area contributed by atoms with Gasteiger partial charge in [0.25, 0.3) is 0 Å². The van der Waals surface area contributed by atoms with Crippen molar-refractivity contribution < 1.29 is 4.79 Å². The number of nitrogens with zero attached hydrogens (tertiary/aromatic N) is 2. The number of halogens is 1. The van der Waals surface area contributed by atoms with Gasteiger partial charge in [0.15, 0.2) is 0 Å². The minimum Gasteiger partial charge on any atom is -0.278 e. The molecule has 6 heteroatoms. The molecular formula is C18H17ClN4O. The van der Waals surface area contributed by atoms with Crippen molar-refractivity contribution in [2.24, 2.45) is 10.2 Å². The fourth-order valence-corrected chi connectivity index (χ4v) is 2.57. The van der Waals surface area contributed by atoms with Crippen molar-refractivity contribution in [1.29, 1.82) is 0 Å². The van der Waals surface area contributed by atoms with Crippen LogP contribution < -0.4 is 10.9 Å². The first-order valence-electron chi connectivity index (χ1n) is 7.66. The lowest BCUT2D eigenvalue weighted by atomic mass is 10.0. The number of rotatable bonds is 5. The van der Waals surface area contributed by atoms with Crippen molar-refractivity contribution in [3.05, 3.63) is 65.7 Å². The van der Waals surface area contributed by atoms with Crippen LogP contribution in [0.4, 0.5) is 5.69 Å². The van der Waals surface area contributed by atoms with E-state index < -0.39 is 0 Å². The number of hydrazone groups is 2. The lowest BCUT2D eigenvalue weighted by Crippen LogP contribution is -2.25. The maximum atomic E-state index is 11.1. The summed E-state index contributed by atoms with van der Waals surface area (Å²) in [5.74, 6) is 0.284. The third kappa shape index (κ3) is 4.00. The molecule has 1 amide bonds. The van der Waals surface area contributed by atoms with E-state index in [1.165, 1.54) is 0 Å². The van der Waals surface area contributed by atoms with Gasteiger partial charge in [0.2, 0.25) is 5.91 Å². The molecule has 122 valence electrons. The predicted molar refractivity (Wildman–Crippen MR) is 97.7 cm³/mol. The monoisotopic (exact) mass is 340 g/mol. The number of hydrogen-bond acceptors (Lipinski definition) is 4. The second kappa shape index (κ2) is 7.75. The molecule has 3 rings (SSSR count). The molecule has 0 saturated carbocycles. The zero-order valence-corrected chi connectivity index (χ0v) is 13.8. The maximum absolute atomic E-state index is 11.1. The zero-order chi connectivity index (χ0) is 16.8. The molecule has 0 aromatic heterocycles. The Balaban J connectivity index is 1.70. The van der Waals surface area contributed by atoms with Crippen LogP contribution in [0.2, 0.25) is 0 Å². The molecule has 2 N–H and O–H groups in total. The summed E-state index contributed by atoms with van der Waals surface area (Å²) in [6.45, 7) is 0. The van der Waals surface area contributed by atoms with Gasteiger partial charge in [-0.3, -0.25) is 10.2 Å². The maximum Gasteiger partial charge on any atom is 0.240 e. The Kier molecular flexibility index (Phi) is 5.23. The van der Waals surface area contributed by atoms with E-state index >= 15 is 0 Å². The lowest BCUT2D eigenvalue weighted by Gasteiger charge is -2.12. The average molecular weight is 341 g/mol. The molecule has 1 aliphatic heterocycles. The highest BCUT2D eigenvalue weighted by Crippen LogP contribution is 2.14. The highest BCUT2D eigenvalue weighted by atomic mass is 35.5. The van der Waals surface area contributed by atoms with E-state index in [9.17, 15) is 4.79 Å². The summed E-state index contributed by atoms with van der Waals surface area (Å²) in [6.07, 6.45) is 1.13. The van der Waals surface area contributed by atoms with Gasteiger partial charge in [-0.05, 0) is 23.3 Å². The number of nitrogens with one attached hydrogen (secondary N) is 2. The van der Waals surface area contributed by atoms with Crippen LogP contribution in [0, 0.1) is 0 Å². The van der Waals surface area contributed by atoms with Gasteiger partial charge in [0.05, 0.1) is 23.0 Å². The minimum absolute atomic E-state index is 0.0408. The van der Waals surface area contributed by atoms with Gasteiger partial charge >= 0.3 is 0 Å². The van der Waals surface area contributed by atoms with Gasteiger partial charge in [0, 0.05) is 12.8 Å². The molecule has 0 atom stereocenters. The first kappa shape index (κ1) is 16.2. The van der Waals surface area contributed by atoms with E-state index in [0.29, 0.717) is 18.7 Å². The Morgan fingerprint density at radius 1 is 1.12 bits per heavy atom. The van der Waals surface area contributed by atoms with Crippen LogP contribution in [0.25, 0.3) is 0 Å². The molecule has 2 aromatic rings. The fraction of sp³-hybridized carbons (Fsp3) is 0.167. The van der Waals surface area contributed by atoms with Crippen molar-refractivity contribution >= 4 is 34.6 Å². The van der Waals surface area contributed by atoms with Crippen LogP contribution in [0.3, 0.4) is 0 Å². The Morgan fingerprint density at radius 2 is 1.88 bits per heavy atom. The first-order chi connectivity index (χ1) is 11.8. The highest BCUT2D eigenvalue weighted by Gasteiger charge is 2.12. The van der Waals surface area contributed by atoms with Gasteiger partial charge in [-0.1, -0.05) is 42.5 Å². The second-order valence-electron chi connectivity index (χ2n) is 5.34. The quantitative estimate of drug-likeness (QED) is 0.498. The highest BCUT2D eigenvalue weighted by molar-refractivity contribution is 6.31. The molecule has 0 aliphatic carbocycles. The van der Waals surface area contributed by atoms with Crippen LogP contribution in [0.15, 0.2) is 64.8 Å². The summed E-state index contributed by atoms with van der Waals surface area (Å²) < 4.78 is 0. The molecule has 1 heterocycles. The molecule has 0 bridgehead atoms. The van der Waals surface area contributed by atoms with Crippen molar-refractivity contribution in [1.82, 2.24) is 5.43 Å². The molecule has 0 spiro atoms. The molecule has 0 saturated heterocycles. The minimum atomic E-state index is -0.0408. The number of hydrogen-bond donors (Lipinski definition) is 2. The van der Waals surface area contributed by atoms with E-state index in [4.69, 9.17) is 11.6 Å². The van der Waals surface area contributed by atoms with E-state index in [2.05, 4.69) is 21.1 Å². The Labute approximate surface area is 145 Å². The number of anilines is 1. The summed E-state index contributed by atoms with van der Waals surface area (Å²) in [5, 5.41) is 8.47. The average Bonchev–Trinajstić information content (AvgIpc) is 2.64. The number of amides is 1. The number of alkyl halides is 1. The van der Waals surface area contributed by atoms with Crippen LogP contribution >= 0.6 is 11.6 Å². The molecule has 0 radical (unpaired) electrons. The summed E-state index contributed by atoms with van der Waals surface area (Å²) in [4.78, 5) is 11.1.